The van der Waals surface area contributed by atoms with E-state index in [0.29, 0.717) is 5.92 Å². The van der Waals surface area contributed by atoms with Crippen LogP contribution in [0.3, 0.4) is 0 Å². The fraction of sp³-hybridized carbons (Fsp3) is 0.217. The number of aryl methyl sites for hydroxylation is 1. The van der Waals surface area contributed by atoms with E-state index < -0.39 is 0 Å². The highest BCUT2D eigenvalue weighted by molar-refractivity contribution is 7.00. The topological polar surface area (TPSA) is 6.48 Å². The SMILES string of the molecule is Cc1cc2c3c(c1)N(c1cc(-c4ccccc4)cc(-c4ccccc4)c1)c1cc4c(cc1B3c1ccc(C3CCCCC3)cc1N2c1cc(-c2ccccc2)cc(-c2ccccc2)c1)C(C)(C)CCC4(C)C. The predicted molar refractivity (Wildman–Crippen MR) is 308 cm³/mol. The number of hydrogen-bond acceptors (Lipinski definition) is 2. The Morgan fingerprint density at radius 3 is 1.25 bits per heavy atom. The third-order valence-corrected chi connectivity index (χ3v) is 17.1. The van der Waals surface area contributed by atoms with E-state index in [9.17, 15) is 0 Å². The molecule has 9 aromatic carbocycles. The van der Waals surface area contributed by atoms with Crippen molar-refractivity contribution in [3.8, 4) is 44.5 Å². The monoisotopic (exact) mass is 931 g/mol. The lowest BCUT2D eigenvalue weighted by Crippen LogP contribution is -2.62. The van der Waals surface area contributed by atoms with Gasteiger partial charge in [-0.15, -0.1) is 0 Å². The summed E-state index contributed by atoms with van der Waals surface area (Å²) in [6, 6.07) is 76.5. The molecule has 2 aliphatic carbocycles. The van der Waals surface area contributed by atoms with Crippen molar-refractivity contribution < 1.29 is 0 Å². The van der Waals surface area contributed by atoms with Crippen LogP contribution in [0.15, 0.2) is 200 Å². The van der Waals surface area contributed by atoms with Crippen LogP contribution in [0, 0.1) is 6.92 Å². The molecule has 3 heteroatoms. The summed E-state index contributed by atoms with van der Waals surface area (Å²) >= 11 is 0. The van der Waals surface area contributed by atoms with Gasteiger partial charge in [0.1, 0.15) is 0 Å². The van der Waals surface area contributed by atoms with Crippen molar-refractivity contribution >= 4 is 57.2 Å². The van der Waals surface area contributed by atoms with Gasteiger partial charge >= 0.3 is 0 Å². The summed E-state index contributed by atoms with van der Waals surface area (Å²) in [5.41, 5.74) is 27.2. The molecule has 0 amide bonds. The molecule has 1 saturated carbocycles. The highest BCUT2D eigenvalue weighted by Gasteiger charge is 2.47. The number of nitrogens with zero attached hydrogens (tertiary/aromatic N) is 2. The molecule has 9 aromatic rings. The molecule has 0 spiro atoms. The Labute approximate surface area is 428 Å². The largest absolute Gasteiger partial charge is 0.311 e. The van der Waals surface area contributed by atoms with Gasteiger partial charge in [-0.3, -0.25) is 0 Å². The predicted octanol–water partition coefficient (Wildman–Crippen LogP) is 17.1. The molecule has 2 heterocycles. The van der Waals surface area contributed by atoms with Crippen molar-refractivity contribution in [1.82, 2.24) is 0 Å². The van der Waals surface area contributed by atoms with Crippen LogP contribution in [-0.2, 0) is 10.8 Å². The average Bonchev–Trinajstić information content (AvgIpc) is 3.42. The number of hydrogen-bond donors (Lipinski definition) is 0. The molecule has 4 aliphatic rings. The van der Waals surface area contributed by atoms with Crippen LogP contribution in [0.4, 0.5) is 34.1 Å². The number of benzene rings is 9. The van der Waals surface area contributed by atoms with Gasteiger partial charge in [-0.1, -0.05) is 186 Å². The lowest BCUT2D eigenvalue weighted by atomic mass is 9.33. The third kappa shape index (κ3) is 7.63. The highest BCUT2D eigenvalue weighted by atomic mass is 15.2. The number of rotatable bonds is 7. The molecule has 0 saturated heterocycles. The molecule has 0 bridgehead atoms. The van der Waals surface area contributed by atoms with Gasteiger partial charge in [0.25, 0.3) is 6.71 Å². The van der Waals surface area contributed by atoms with Crippen LogP contribution in [-0.4, -0.2) is 6.71 Å². The van der Waals surface area contributed by atoms with E-state index in [1.165, 1.54) is 149 Å². The Morgan fingerprint density at radius 2 is 0.806 bits per heavy atom. The second kappa shape index (κ2) is 17.4. The summed E-state index contributed by atoms with van der Waals surface area (Å²) < 4.78 is 0. The molecule has 2 nitrogen and oxygen atoms in total. The molecule has 1 fully saturated rings. The number of anilines is 6. The van der Waals surface area contributed by atoms with E-state index >= 15 is 0 Å². The highest BCUT2D eigenvalue weighted by Crippen LogP contribution is 2.52. The fourth-order valence-corrected chi connectivity index (χ4v) is 13.1. The summed E-state index contributed by atoms with van der Waals surface area (Å²) in [5, 5.41) is 0. The van der Waals surface area contributed by atoms with Crippen molar-refractivity contribution in [3.63, 3.8) is 0 Å². The first kappa shape index (κ1) is 44.6. The molecule has 2 aliphatic heterocycles. The molecule has 0 N–H and O–H groups in total. The van der Waals surface area contributed by atoms with Gasteiger partial charge in [0.2, 0.25) is 0 Å². The molecule has 0 aromatic heterocycles. The Morgan fingerprint density at radius 1 is 0.389 bits per heavy atom. The Hall–Kier alpha value is -7.36. The third-order valence-electron chi connectivity index (χ3n) is 17.1. The summed E-state index contributed by atoms with van der Waals surface area (Å²) in [4.78, 5) is 5.34. The standard InChI is InChI=1S/C69H63BN2/c1-46-35-65-67-66(36-46)72(58-41-55(50-27-17-9-18-28-50)38-56(42-58)51-29-19-10-20-30-51)64-45-60-59(68(2,3)33-34-69(60,4)5)44-62(64)70(67)61-32-31-52(47-21-11-6-12-22-47)43-63(61)71(65)57-39-53(48-23-13-7-14-24-48)37-54(40-57)49-25-15-8-16-26-49/h7-10,13-20,23-32,35-45,47H,6,11-12,21-22,33-34H2,1-5H3. The van der Waals surface area contributed by atoms with Crippen LogP contribution >= 0.6 is 0 Å². The second-order valence-corrected chi connectivity index (χ2v) is 22.7. The van der Waals surface area contributed by atoms with Gasteiger partial charge in [0, 0.05) is 34.1 Å². The lowest BCUT2D eigenvalue weighted by Gasteiger charge is -2.47. The van der Waals surface area contributed by atoms with Crippen molar-refractivity contribution in [2.45, 2.75) is 96.3 Å². The smallest absolute Gasteiger partial charge is 0.252 e. The first-order chi connectivity index (χ1) is 35.1. The molecule has 0 unspecified atom stereocenters. The number of fused-ring (bicyclic) bond motifs is 5. The van der Waals surface area contributed by atoms with Gasteiger partial charge in [-0.2, -0.15) is 0 Å². The van der Waals surface area contributed by atoms with E-state index in [-0.39, 0.29) is 17.5 Å². The van der Waals surface area contributed by atoms with E-state index in [2.05, 4.69) is 245 Å². The van der Waals surface area contributed by atoms with Gasteiger partial charge in [-0.25, -0.2) is 0 Å². The van der Waals surface area contributed by atoms with Crippen molar-refractivity contribution in [2.24, 2.45) is 0 Å². The summed E-state index contributed by atoms with van der Waals surface area (Å²) in [7, 11) is 0. The van der Waals surface area contributed by atoms with Crippen molar-refractivity contribution in [1.29, 1.82) is 0 Å². The molecule has 0 atom stereocenters. The zero-order valence-corrected chi connectivity index (χ0v) is 42.6. The van der Waals surface area contributed by atoms with Crippen LogP contribution in [0.2, 0.25) is 0 Å². The van der Waals surface area contributed by atoms with Crippen LogP contribution in [0.25, 0.3) is 44.5 Å². The summed E-state index contributed by atoms with van der Waals surface area (Å²) in [6.45, 7) is 12.3. The molecule has 352 valence electrons. The normalized spacial score (nSPS) is 16.4. The van der Waals surface area contributed by atoms with Crippen LogP contribution < -0.4 is 26.2 Å². The Balaban J connectivity index is 1.13. The minimum Gasteiger partial charge on any atom is -0.311 e. The first-order valence-corrected chi connectivity index (χ1v) is 26.7. The minimum atomic E-state index is 0.0245. The minimum absolute atomic E-state index is 0.0245. The maximum atomic E-state index is 2.69. The zero-order valence-electron chi connectivity index (χ0n) is 42.6. The van der Waals surface area contributed by atoms with E-state index in [4.69, 9.17) is 0 Å². The molecule has 13 rings (SSSR count). The maximum Gasteiger partial charge on any atom is 0.252 e. The molecular formula is C69H63BN2. The first-order valence-electron chi connectivity index (χ1n) is 26.7. The average molecular weight is 931 g/mol. The lowest BCUT2D eigenvalue weighted by molar-refractivity contribution is 0.332. The van der Waals surface area contributed by atoms with Gasteiger partial charge in [0.15, 0.2) is 0 Å². The van der Waals surface area contributed by atoms with Gasteiger partial charge in [0.05, 0.1) is 0 Å². The van der Waals surface area contributed by atoms with Crippen molar-refractivity contribution in [2.75, 3.05) is 9.80 Å². The Bertz CT molecular complexity index is 3400. The Kier molecular flexibility index (Phi) is 10.8. The van der Waals surface area contributed by atoms with Gasteiger partial charge < -0.3 is 9.80 Å². The van der Waals surface area contributed by atoms with Crippen LogP contribution in [0.5, 0.6) is 0 Å². The quantitative estimate of drug-likeness (QED) is 0.147. The van der Waals surface area contributed by atoms with E-state index in [0.717, 1.165) is 12.8 Å². The van der Waals surface area contributed by atoms with E-state index in [1.54, 1.807) is 0 Å². The van der Waals surface area contributed by atoms with Crippen molar-refractivity contribution in [3.05, 3.63) is 222 Å². The van der Waals surface area contributed by atoms with Crippen LogP contribution in [0.1, 0.15) is 101 Å². The zero-order chi connectivity index (χ0) is 48.7. The van der Waals surface area contributed by atoms with Gasteiger partial charge in [-0.05, 0) is 193 Å². The molecule has 0 radical (unpaired) electrons. The maximum absolute atomic E-state index is 2.69. The van der Waals surface area contributed by atoms with E-state index in [1.807, 2.05) is 0 Å². The summed E-state index contributed by atoms with van der Waals surface area (Å²) in [5.74, 6) is 0.566. The summed E-state index contributed by atoms with van der Waals surface area (Å²) in [6.07, 6.45) is 8.78. The second-order valence-electron chi connectivity index (χ2n) is 22.7. The fourth-order valence-electron chi connectivity index (χ4n) is 13.1. The molecular weight excluding hydrogens is 868 g/mol. The molecule has 72 heavy (non-hydrogen) atoms.